The Kier molecular flexibility index (Phi) is 5.55. The largest absolute Gasteiger partial charge is 0.350 e. The number of amides is 1. The lowest BCUT2D eigenvalue weighted by Gasteiger charge is -2.03. The van der Waals surface area contributed by atoms with Crippen molar-refractivity contribution < 1.29 is 4.79 Å². The van der Waals surface area contributed by atoms with Crippen molar-refractivity contribution in [1.82, 2.24) is 19.7 Å². The molecule has 31 heavy (non-hydrogen) atoms. The van der Waals surface area contributed by atoms with E-state index in [1.165, 1.54) is 11.3 Å². The van der Waals surface area contributed by atoms with E-state index in [9.17, 15) is 4.79 Å². The highest BCUT2D eigenvalue weighted by Crippen LogP contribution is 2.25. The smallest absolute Gasteiger partial charge is 0.226 e. The van der Waals surface area contributed by atoms with Gasteiger partial charge in [-0.05, 0) is 12.1 Å². The fourth-order valence-electron chi connectivity index (χ4n) is 3.23. The van der Waals surface area contributed by atoms with Crippen LogP contribution >= 0.6 is 34.3 Å². The van der Waals surface area contributed by atoms with Crippen molar-refractivity contribution in [2.45, 2.75) is 13.0 Å². The van der Waals surface area contributed by atoms with E-state index in [-0.39, 0.29) is 12.3 Å². The Morgan fingerprint density at radius 1 is 0.968 bits per heavy atom. The summed E-state index contributed by atoms with van der Waals surface area (Å²) in [6.45, 7) is 0.412. The fraction of sp³-hybridized carbons (Fsp3) is 0.0870. The summed E-state index contributed by atoms with van der Waals surface area (Å²) >= 11 is 9.08. The van der Waals surface area contributed by atoms with Gasteiger partial charge in [0.2, 0.25) is 5.91 Å². The molecule has 154 valence electrons. The van der Waals surface area contributed by atoms with Crippen LogP contribution in [-0.2, 0) is 17.8 Å². The number of imidazole rings is 1. The molecule has 5 rings (SSSR count). The Balaban J connectivity index is 1.24. The van der Waals surface area contributed by atoms with Crippen LogP contribution in [0.15, 0.2) is 71.6 Å². The summed E-state index contributed by atoms with van der Waals surface area (Å²) < 4.78 is 1.98. The molecular weight excluding hydrogens is 448 g/mol. The number of thiazole rings is 2. The molecule has 3 heterocycles. The number of nitrogens with zero attached hydrogens (tertiary/aromatic N) is 3. The monoisotopic (exact) mass is 464 g/mol. The summed E-state index contributed by atoms with van der Waals surface area (Å²) in [5, 5.41) is 8.58. The molecule has 0 aliphatic carbocycles. The molecule has 2 aromatic carbocycles. The minimum absolute atomic E-state index is 0.0456. The summed E-state index contributed by atoms with van der Waals surface area (Å²) in [6.07, 6.45) is 2.25. The highest BCUT2D eigenvalue weighted by molar-refractivity contribution is 7.15. The molecule has 8 heteroatoms. The van der Waals surface area contributed by atoms with Crippen LogP contribution in [0.1, 0.15) is 11.4 Å². The minimum atomic E-state index is -0.0456. The zero-order valence-electron chi connectivity index (χ0n) is 16.3. The van der Waals surface area contributed by atoms with Crippen LogP contribution in [0.3, 0.4) is 0 Å². The average Bonchev–Trinajstić information content (AvgIpc) is 3.51. The summed E-state index contributed by atoms with van der Waals surface area (Å²) in [6, 6.07) is 17.6. The molecule has 0 spiro atoms. The zero-order valence-corrected chi connectivity index (χ0v) is 18.7. The van der Waals surface area contributed by atoms with Gasteiger partial charge in [-0.3, -0.25) is 9.20 Å². The first-order valence-corrected chi connectivity index (χ1v) is 11.8. The van der Waals surface area contributed by atoms with Gasteiger partial charge in [-0.1, -0.05) is 54.1 Å². The normalized spacial score (nSPS) is 11.1. The van der Waals surface area contributed by atoms with E-state index in [1.54, 1.807) is 11.3 Å². The van der Waals surface area contributed by atoms with E-state index < -0.39 is 0 Å². The van der Waals surface area contributed by atoms with Gasteiger partial charge >= 0.3 is 0 Å². The van der Waals surface area contributed by atoms with Gasteiger partial charge in [0, 0.05) is 38.8 Å². The number of benzene rings is 2. The van der Waals surface area contributed by atoms with Crippen molar-refractivity contribution in [2.75, 3.05) is 0 Å². The van der Waals surface area contributed by atoms with Crippen LogP contribution in [0.4, 0.5) is 0 Å². The molecule has 0 radical (unpaired) electrons. The van der Waals surface area contributed by atoms with Gasteiger partial charge in [-0.2, -0.15) is 0 Å². The Hall–Kier alpha value is -3.00. The molecule has 5 nitrogen and oxygen atoms in total. The van der Waals surface area contributed by atoms with Gasteiger partial charge in [0.15, 0.2) is 4.96 Å². The molecule has 0 saturated carbocycles. The lowest BCUT2D eigenvalue weighted by atomic mass is 10.2. The van der Waals surface area contributed by atoms with Crippen molar-refractivity contribution in [3.8, 4) is 21.8 Å². The number of carbonyl (C=O) groups excluding carboxylic acids is 1. The van der Waals surface area contributed by atoms with Crippen molar-refractivity contribution >= 4 is 45.1 Å². The molecular formula is C23H17ClN4OS2. The zero-order chi connectivity index (χ0) is 21.2. The number of nitrogens with one attached hydrogen (secondary N) is 1. The Morgan fingerprint density at radius 3 is 2.58 bits per heavy atom. The van der Waals surface area contributed by atoms with Crippen LogP contribution < -0.4 is 5.32 Å². The second-order valence-electron chi connectivity index (χ2n) is 6.98. The molecule has 0 aliphatic heterocycles. The Labute approximate surface area is 192 Å². The maximum Gasteiger partial charge on any atom is 0.226 e. The summed E-state index contributed by atoms with van der Waals surface area (Å²) in [5.74, 6) is -0.0456. The van der Waals surface area contributed by atoms with Crippen molar-refractivity contribution in [3.63, 3.8) is 0 Å². The molecule has 1 amide bonds. The van der Waals surface area contributed by atoms with Gasteiger partial charge in [0.1, 0.15) is 5.01 Å². The third kappa shape index (κ3) is 4.39. The van der Waals surface area contributed by atoms with E-state index in [0.717, 1.165) is 38.2 Å². The van der Waals surface area contributed by atoms with Crippen LogP contribution in [0.5, 0.6) is 0 Å². The maximum atomic E-state index is 12.5. The summed E-state index contributed by atoms with van der Waals surface area (Å²) in [7, 11) is 0. The molecule has 0 fully saturated rings. The quantitative estimate of drug-likeness (QED) is 0.350. The van der Waals surface area contributed by atoms with E-state index in [4.69, 9.17) is 11.6 Å². The van der Waals surface area contributed by atoms with Gasteiger partial charge in [0.05, 0.1) is 24.4 Å². The van der Waals surface area contributed by atoms with Gasteiger partial charge in [0.25, 0.3) is 0 Å². The first-order valence-electron chi connectivity index (χ1n) is 9.63. The lowest BCUT2D eigenvalue weighted by molar-refractivity contribution is -0.120. The highest BCUT2D eigenvalue weighted by atomic mass is 35.5. The van der Waals surface area contributed by atoms with Gasteiger partial charge in [-0.15, -0.1) is 22.7 Å². The third-order valence-corrected chi connectivity index (χ3v) is 6.89. The minimum Gasteiger partial charge on any atom is -0.350 e. The second kappa shape index (κ2) is 8.63. The number of hydrogen-bond acceptors (Lipinski definition) is 5. The molecule has 0 saturated heterocycles. The standard InChI is InChI=1S/C23H17ClN4OS2/c24-17-8-6-15(7-9-17)20-12-28-19(14-31-23(28)27-20)10-21(29)25-11-18-13-30-22(26-18)16-4-2-1-3-5-16/h1-9,12-14H,10-11H2,(H,25,29). The van der Waals surface area contributed by atoms with Gasteiger partial charge < -0.3 is 5.32 Å². The number of rotatable bonds is 6. The summed E-state index contributed by atoms with van der Waals surface area (Å²) in [5.41, 5.74) is 4.71. The number of hydrogen-bond donors (Lipinski definition) is 1. The molecule has 0 aliphatic rings. The average molecular weight is 465 g/mol. The van der Waals surface area contributed by atoms with Gasteiger partial charge in [-0.25, -0.2) is 9.97 Å². The Morgan fingerprint density at radius 2 is 1.77 bits per heavy atom. The predicted molar refractivity (Wildman–Crippen MR) is 127 cm³/mol. The SMILES string of the molecule is O=C(Cc1csc2nc(-c3ccc(Cl)cc3)cn12)NCc1csc(-c2ccccc2)n1. The first kappa shape index (κ1) is 19.9. The number of halogens is 1. The molecule has 3 aromatic heterocycles. The van der Waals surface area contributed by atoms with E-state index in [0.29, 0.717) is 11.6 Å². The second-order valence-corrected chi connectivity index (χ2v) is 9.11. The van der Waals surface area contributed by atoms with Crippen molar-refractivity contribution in [1.29, 1.82) is 0 Å². The van der Waals surface area contributed by atoms with Crippen LogP contribution in [0.2, 0.25) is 5.02 Å². The highest BCUT2D eigenvalue weighted by Gasteiger charge is 2.13. The molecule has 1 N–H and O–H groups in total. The predicted octanol–water partition coefficient (Wildman–Crippen LogP) is 5.70. The molecule has 5 aromatic rings. The van der Waals surface area contributed by atoms with Crippen LogP contribution in [0.25, 0.3) is 26.8 Å². The van der Waals surface area contributed by atoms with E-state index in [1.807, 2.05) is 76.0 Å². The number of aromatic nitrogens is 3. The van der Waals surface area contributed by atoms with Crippen molar-refractivity contribution in [3.05, 3.63) is 88.0 Å². The number of carbonyl (C=O) groups is 1. The van der Waals surface area contributed by atoms with Crippen molar-refractivity contribution in [2.24, 2.45) is 0 Å². The van der Waals surface area contributed by atoms with Crippen LogP contribution in [-0.4, -0.2) is 20.3 Å². The van der Waals surface area contributed by atoms with E-state index >= 15 is 0 Å². The maximum absolute atomic E-state index is 12.5. The topological polar surface area (TPSA) is 59.3 Å². The molecule has 0 unspecified atom stereocenters. The first-order chi connectivity index (χ1) is 15.2. The fourth-order valence-corrected chi connectivity index (χ4v) is 5.06. The van der Waals surface area contributed by atoms with E-state index in [2.05, 4.69) is 15.3 Å². The Bertz CT molecular complexity index is 1340. The molecule has 0 atom stereocenters. The number of fused-ring (bicyclic) bond motifs is 1. The van der Waals surface area contributed by atoms with Crippen LogP contribution in [0, 0.1) is 0 Å². The third-order valence-electron chi connectivity index (χ3n) is 4.80. The molecule has 0 bridgehead atoms. The summed E-state index contributed by atoms with van der Waals surface area (Å²) in [4.78, 5) is 22.7. The lowest BCUT2D eigenvalue weighted by Crippen LogP contribution is -2.25.